The van der Waals surface area contributed by atoms with E-state index < -0.39 is 0 Å². The van der Waals surface area contributed by atoms with Crippen molar-refractivity contribution in [3.8, 4) is 11.5 Å². The zero-order valence-corrected chi connectivity index (χ0v) is 13.9. The number of amides is 1. The summed E-state index contributed by atoms with van der Waals surface area (Å²) in [5.41, 5.74) is 1.22. The molecule has 2 rings (SSSR count). The van der Waals surface area contributed by atoms with Crippen LogP contribution in [0.3, 0.4) is 0 Å². The van der Waals surface area contributed by atoms with Gasteiger partial charge >= 0.3 is 0 Å². The number of aromatic amines is 1. The Hall–Kier alpha value is -2.50. The molecule has 2 heterocycles. The largest absolute Gasteiger partial charge is 0.353 e. The Labute approximate surface area is 135 Å². The van der Waals surface area contributed by atoms with Crippen molar-refractivity contribution in [1.29, 1.82) is 0 Å². The molecule has 2 aromatic heterocycles. The number of aryl methyl sites for hydroxylation is 1. The first-order chi connectivity index (χ1) is 10.9. The van der Waals surface area contributed by atoms with Gasteiger partial charge in [0.2, 0.25) is 5.91 Å². The molecule has 2 N–H and O–H groups in total. The van der Waals surface area contributed by atoms with Crippen molar-refractivity contribution in [3.05, 3.63) is 46.0 Å². The highest BCUT2D eigenvalue weighted by molar-refractivity contribution is 5.79. The van der Waals surface area contributed by atoms with Crippen molar-refractivity contribution in [2.45, 2.75) is 40.2 Å². The Balaban J connectivity index is 2.21. The number of hydrogen-bond donors (Lipinski definition) is 2. The zero-order chi connectivity index (χ0) is 17.0. The van der Waals surface area contributed by atoms with Crippen molar-refractivity contribution in [1.82, 2.24) is 20.3 Å². The van der Waals surface area contributed by atoms with Gasteiger partial charge in [0.25, 0.3) is 5.56 Å². The van der Waals surface area contributed by atoms with Gasteiger partial charge < -0.3 is 10.3 Å². The lowest BCUT2D eigenvalue weighted by Gasteiger charge is -2.17. The fourth-order valence-electron chi connectivity index (χ4n) is 2.07. The van der Waals surface area contributed by atoms with Gasteiger partial charge in [0, 0.05) is 23.5 Å². The molecule has 0 saturated carbocycles. The Morgan fingerprint density at radius 2 is 2.04 bits per heavy atom. The maximum absolute atomic E-state index is 12.3. The third kappa shape index (κ3) is 4.25. The molecule has 0 aliphatic rings. The van der Waals surface area contributed by atoms with Gasteiger partial charge in [-0.25, -0.2) is 4.98 Å². The Bertz CT molecular complexity index is 738. The van der Waals surface area contributed by atoms with Crippen LogP contribution >= 0.6 is 0 Å². The molecule has 1 amide bonds. The monoisotopic (exact) mass is 314 g/mol. The van der Waals surface area contributed by atoms with Crippen LogP contribution < -0.4 is 10.9 Å². The maximum Gasteiger partial charge on any atom is 0.255 e. The maximum atomic E-state index is 12.3. The van der Waals surface area contributed by atoms with Crippen LogP contribution in [-0.4, -0.2) is 26.9 Å². The van der Waals surface area contributed by atoms with Gasteiger partial charge in [-0.3, -0.25) is 14.6 Å². The highest BCUT2D eigenvalue weighted by Crippen LogP contribution is 2.11. The summed E-state index contributed by atoms with van der Waals surface area (Å²) in [7, 11) is 0. The Kier molecular flexibility index (Phi) is 5.26. The molecule has 0 aromatic carbocycles. The van der Waals surface area contributed by atoms with Crippen LogP contribution in [0.5, 0.6) is 0 Å². The summed E-state index contributed by atoms with van der Waals surface area (Å²) in [4.78, 5) is 35.6. The second-order valence-electron chi connectivity index (χ2n) is 5.97. The van der Waals surface area contributed by atoms with Crippen molar-refractivity contribution in [2.75, 3.05) is 0 Å². The van der Waals surface area contributed by atoms with Gasteiger partial charge in [0.05, 0.1) is 6.42 Å². The van der Waals surface area contributed by atoms with Gasteiger partial charge in [-0.05, 0) is 31.9 Å². The number of nitrogens with zero attached hydrogens (tertiary/aromatic N) is 2. The van der Waals surface area contributed by atoms with Crippen LogP contribution in [0.25, 0.3) is 11.5 Å². The van der Waals surface area contributed by atoms with E-state index in [1.807, 2.05) is 26.8 Å². The lowest BCUT2D eigenvalue weighted by molar-refractivity contribution is -0.121. The topological polar surface area (TPSA) is 87.7 Å². The molecule has 0 saturated heterocycles. The number of carbonyl (C=O) groups is 1. The van der Waals surface area contributed by atoms with Crippen LogP contribution in [-0.2, 0) is 11.2 Å². The lowest BCUT2D eigenvalue weighted by atomic mass is 10.1. The molecular weight excluding hydrogens is 292 g/mol. The van der Waals surface area contributed by atoms with Crippen molar-refractivity contribution in [2.24, 2.45) is 5.92 Å². The third-order valence-corrected chi connectivity index (χ3v) is 3.86. The van der Waals surface area contributed by atoms with Crippen LogP contribution in [0.2, 0.25) is 0 Å². The molecule has 23 heavy (non-hydrogen) atoms. The first-order valence-corrected chi connectivity index (χ1v) is 7.69. The van der Waals surface area contributed by atoms with Gasteiger partial charge in [-0.15, -0.1) is 0 Å². The van der Waals surface area contributed by atoms with Gasteiger partial charge in [-0.2, -0.15) is 0 Å². The van der Waals surface area contributed by atoms with E-state index in [0.717, 1.165) is 0 Å². The highest BCUT2D eigenvalue weighted by Gasteiger charge is 2.16. The molecular formula is C17H22N4O2. The molecule has 122 valence electrons. The Morgan fingerprint density at radius 3 is 2.61 bits per heavy atom. The molecule has 1 atom stereocenters. The molecule has 0 spiro atoms. The standard InChI is InChI=1S/C17H22N4O2/c1-10(2)11(3)19-15(22)9-13-12(4)20-16(21-17(13)23)14-7-5-6-8-18-14/h5-8,10-11H,9H2,1-4H3,(H,19,22)(H,20,21,23). The number of H-pyrrole nitrogens is 1. The minimum Gasteiger partial charge on any atom is -0.353 e. The Morgan fingerprint density at radius 1 is 1.30 bits per heavy atom. The highest BCUT2D eigenvalue weighted by atomic mass is 16.2. The SMILES string of the molecule is Cc1nc(-c2ccccn2)[nH]c(=O)c1CC(=O)NC(C)C(C)C. The van der Waals surface area contributed by atoms with E-state index in [1.165, 1.54) is 0 Å². The molecule has 0 radical (unpaired) electrons. The molecule has 0 bridgehead atoms. The van der Waals surface area contributed by atoms with Gasteiger partial charge in [0.15, 0.2) is 5.82 Å². The second kappa shape index (κ2) is 7.17. The summed E-state index contributed by atoms with van der Waals surface area (Å²) < 4.78 is 0. The predicted octanol–water partition coefficient (Wildman–Crippen LogP) is 1.84. The minimum absolute atomic E-state index is 0.0216. The van der Waals surface area contributed by atoms with E-state index in [9.17, 15) is 9.59 Å². The summed E-state index contributed by atoms with van der Waals surface area (Å²) in [5.74, 6) is 0.572. The van der Waals surface area contributed by atoms with Crippen molar-refractivity contribution < 1.29 is 4.79 Å². The molecule has 0 fully saturated rings. The third-order valence-electron chi connectivity index (χ3n) is 3.86. The van der Waals surface area contributed by atoms with E-state index in [1.54, 1.807) is 25.3 Å². The molecule has 1 unspecified atom stereocenters. The summed E-state index contributed by atoms with van der Waals surface area (Å²) >= 11 is 0. The van der Waals surface area contributed by atoms with E-state index in [-0.39, 0.29) is 23.9 Å². The van der Waals surface area contributed by atoms with E-state index >= 15 is 0 Å². The number of nitrogens with one attached hydrogen (secondary N) is 2. The summed E-state index contributed by atoms with van der Waals surface area (Å²) in [6.07, 6.45) is 1.66. The number of pyridine rings is 1. The number of hydrogen-bond acceptors (Lipinski definition) is 4. The quantitative estimate of drug-likeness (QED) is 0.881. The second-order valence-corrected chi connectivity index (χ2v) is 5.97. The fourth-order valence-corrected chi connectivity index (χ4v) is 2.07. The predicted molar refractivity (Wildman–Crippen MR) is 89.0 cm³/mol. The van der Waals surface area contributed by atoms with E-state index in [2.05, 4.69) is 20.3 Å². The fraction of sp³-hybridized carbons (Fsp3) is 0.412. The summed E-state index contributed by atoms with van der Waals surface area (Å²) in [5, 5.41) is 2.90. The van der Waals surface area contributed by atoms with Crippen LogP contribution in [0, 0.1) is 12.8 Å². The molecule has 6 heteroatoms. The first-order valence-electron chi connectivity index (χ1n) is 7.69. The summed E-state index contributed by atoms with van der Waals surface area (Å²) in [6.45, 7) is 7.75. The number of aromatic nitrogens is 3. The zero-order valence-electron chi connectivity index (χ0n) is 13.9. The van der Waals surface area contributed by atoms with Crippen LogP contribution in [0.1, 0.15) is 32.0 Å². The average molecular weight is 314 g/mol. The van der Waals surface area contributed by atoms with Gasteiger partial charge in [0.1, 0.15) is 5.69 Å². The molecule has 6 nitrogen and oxygen atoms in total. The summed E-state index contributed by atoms with van der Waals surface area (Å²) in [6, 6.07) is 5.45. The average Bonchev–Trinajstić information content (AvgIpc) is 2.51. The van der Waals surface area contributed by atoms with Crippen LogP contribution in [0.4, 0.5) is 0 Å². The van der Waals surface area contributed by atoms with Crippen LogP contribution in [0.15, 0.2) is 29.2 Å². The lowest BCUT2D eigenvalue weighted by Crippen LogP contribution is -2.38. The normalized spacial score (nSPS) is 12.2. The van der Waals surface area contributed by atoms with E-state index in [0.29, 0.717) is 28.7 Å². The minimum atomic E-state index is -0.300. The first kappa shape index (κ1) is 16.9. The van der Waals surface area contributed by atoms with Crippen molar-refractivity contribution in [3.63, 3.8) is 0 Å². The molecule has 0 aliphatic carbocycles. The number of carbonyl (C=O) groups excluding carboxylic acids is 1. The van der Waals surface area contributed by atoms with E-state index in [4.69, 9.17) is 0 Å². The smallest absolute Gasteiger partial charge is 0.255 e. The molecule has 2 aromatic rings. The molecule has 0 aliphatic heterocycles. The number of rotatable bonds is 5. The van der Waals surface area contributed by atoms with Gasteiger partial charge in [-0.1, -0.05) is 19.9 Å². The van der Waals surface area contributed by atoms with Crippen molar-refractivity contribution >= 4 is 5.91 Å².